The fraction of sp³-hybridized carbons (Fsp3) is 0.871. The van der Waals surface area contributed by atoms with E-state index in [0.29, 0.717) is 37.0 Å². The summed E-state index contributed by atoms with van der Waals surface area (Å²) in [7, 11) is 0. The molecule has 1 unspecified atom stereocenters. The van der Waals surface area contributed by atoms with Gasteiger partial charge in [0, 0.05) is 25.7 Å². The van der Waals surface area contributed by atoms with E-state index in [2.05, 4.69) is 27.7 Å². The van der Waals surface area contributed by atoms with Crippen molar-refractivity contribution in [3.63, 3.8) is 0 Å². The second-order valence-corrected chi connectivity index (χ2v) is 13.8. The minimum absolute atomic E-state index is 0.0137. The van der Waals surface area contributed by atoms with Crippen LogP contribution in [-0.4, -0.2) is 57.3 Å². The Morgan fingerprint density at radius 3 is 2.24 bits per heavy atom. The predicted molar refractivity (Wildman–Crippen MR) is 144 cm³/mol. The van der Waals surface area contributed by atoms with Crippen LogP contribution in [0.25, 0.3) is 0 Å². The smallest absolute Gasteiger partial charge is 0.303 e. The Morgan fingerprint density at radius 2 is 1.63 bits per heavy atom. The van der Waals surface area contributed by atoms with Gasteiger partial charge < -0.3 is 24.8 Å². The third-order valence-corrected chi connectivity index (χ3v) is 10.9. The molecule has 3 N–H and O–H groups in total. The third-order valence-electron chi connectivity index (χ3n) is 10.9. The Bertz CT molecular complexity index is 958. The van der Waals surface area contributed by atoms with Crippen molar-refractivity contribution in [3.8, 4) is 0 Å². The molecule has 0 saturated heterocycles. The van der Waals surface area contributed by atoms with Gasteiger partial charge in [0.2, 0.25) is 0 Å². The largest absolute Gasteiger partial charge is 0.455 e. The summed E-state index contributed by atoms with van der Waals surface area (Å²) in [5, 5.41) is 34.8. The van der Waals surface area contributed by atoms with Crippen molar-refractivity contribution in [1.82, 2.24) is 0 Å². The van der Waals surface area contributed by atoms with Gasteiger partial charge >= 0.3 is 11.9 Å². The third kappa shape index (κ3) is 4.75. The maximum absolute atomic E-state index is 12.4. The molecule has 4 aliphatic rings. The molecule has 2 saturated carbocycles. The number of carbonyl (C=O) groups excluding carboxylic acids is 2. The van der Waals surface area contributed by atoms with Gasteiger partial charge in [0.05, 0.1) is 12.2 Å². The van der Waals surface area contributed by atoms with Crippen LogP contribution in [0.3, 0.4) is 0 Å². The number of hydrogen-bond acceptors (Lipinski definition) is 7. The van der Waals surface area contributed by atoms with Crippen LogP contribution in [-0.2, 0) is 19.1 Å². The second-order valence-electron chi connectivity index (χ2n) is 13.8. The minimum atomic E-state index is -1.67. The number of carbonyl (C=O) groups is 2. The highest BCUT2D eigenvalue weighted by atomic mass is 16.6. The molecule has 0 spiro atoms. The molecule has 0 aliphatic heterocycles. The lowest BCUT2D eigenvalue weighted by atomic mass is 9.46. The molecular formula is C31H50O7. The SMILES string of the molecule is CC(=O)O[C@H]1C2=C([C@H](O)C[C@@]3(C)C2CC[C@@H]3[C@H](C)CCCC(C)C)[C@@]2(C)CC[C@H](O)C[C@]2(O)[C@H]1OC(C)=O. The second kappa shape index (κ2) is 10.5. The molecule has 4 rings (SSSR count). The van der Waals surface area contributed by atoms with Gasteiger partial charge in [-0.1, -0.05) is 53.9 Å². The van der Waals surface area contributed by atoms with Gasteiger partial charge in [0.1, 0.15) is 5.60 Å². The molecule has 0 radical (unpaired) electrons. The maximum atomic E-state index is 12.4. The molecule has 10 atom stereocenters. The number of rotatable bonds is 7. The van der Waals surface area contributed by atoms with Crippen molar-refractivity contribution in [1.29, 1.82) is 0 Å². The first kappa shape index (κ1) is 29.5. The van der Waals surface area contributed by atoms with Crippen molar-refractivity contribution in [2.45, 2.75) is 136 Å². The molecule has 7 nitrogen and oxygen atoms in total. The molecule has 0 amide bonds. The van der Waals surface area contributed by atoms with Gasteiger partial charge in [0.25, 0.3) is 0 Å². The summed E-state index contributed by atoms with van der Waals surface area (Å²) in [5.74, 6) is 0.534. The quantitative estimate of drug-likeness (QED) is 0.320. The van der Waals surface area contributed by atoms with E-state index < -0.39 is 47.4 Å². The van der Waals surface area contributed by atoms with Crippen molar-refractivity contribution in [2.24, 2.45) is 34.5 Å². The average molecular weight is 535 g/mol. The van der Waals surface area contributed by atoms with Crippen LogP contribution in [0.15, 0.2) is 11.1 Å². The van der Waals surface area contributed by atoms with Gasteiger partial charge in [-0.15, -0.1) is 0 Å². The Labute approximate surface area is 228 Å². The topological polar surface area (TPSA) is 113 Å². The number of ether oxygens (including phenoxy) is 2. The molecule has 0 aromatic carbocycles. The summed E-state index contributed by atoms with van der Waals surface area (Å²) in [6.07, 6.45) is 3.24. The fourth-order valence-corrected chi connectivity index (χ4v) is 9.20. The highest BCUT2D eigenvalue weighted by Crippen LogP contribution is 2.67. The first-order chi connectivity index (χ1) is 17.7. The molecule has 7 heteroatoms. The number of aliphatic hydroxyl groups is 3. The van der Waals surface area contributed by atoms with Crippen LogP contribution in [0.4, 0.5) is 0 Å². The van der Waals surface area contributed by atoms with Gasteiger partial charge in [0.15, 0.2) is 12.2 Å². The van der Waals surface area contributed by atoms with E-state index in [1.165, 1.54) is 26.7 Å². The highest BCUT2D eigenvalue weighted by Gasteiger charge is 2.69. The first-order valence-corrected chi connectivity index (χ1v) is 14.8. The van der Waals surface area contributed by atoms with Crippen molar-refractivity contribution in [2.75, 3.05) is 0 Å². The highest BCUT2D eigenvalue weighted by molar-refractivity contribution is 5.68. The van der Waals surface area contributed by atoms with Crippen molar-refractivity contribution in [3.05, 3.63) is 11.1 Å². The molecular weight excluding hydrogens is 484 g/mol. The molecule has 2 fully saturated rings. The first-order valence-electron chi connectivity index (χ1n) is 14.8. The Kier molecular flexibility index (Phi) is 8.17. The number of fused-ring (bicyclic) bond motifs is 4. The summed E-state index contributed by atoms with van der Waals surface area (Å²) in [4.78, 5) is 24.8. The Hall–Kier alpha value is -1.44. The zero-order chi connectivity index (χ0) is 28.2. The summed E-state index contributed by atoms with van der Waals surface area (Å²) in [6, 6.07) is 0. The van der Waals surface area contributed by atoms with Crippen molar-refractivity contribution >= 4 is 11.9 Å². The normalized spacial score (nSPS) is 43.2. The Morgan fingerprint density at radius 1 is 0.974 bits per heavy atom. The predicted octanol–water partition coefficient (Wildman–Crippen LogP) is 4.70. The van der Waals surface area contributed by atoms with Crippen LogP contribution < -0.4 is 0 Å². The fourth-order valence-electron chi connectivity index (χ4n) is 9.20. The lowest BCUT2D eigenvalue weighted by molar-refractivity contribution is -0.236. The van der Waals surface area contributed by atoms with Crippen LogP contribution in [0, 0.1) is 34.5 Å². The van der Waals surface area contributed by atoms with E-state index in [4.69, 9.17) is 9.47 Å². The molecule has 0 bridgehead atoms. The van der Waals surface area contributed by atoms with Crippen LogP contribution in [0.5, 0.6) is 0 Å². The lowest BCUT2D eigenvalue weighted by Crippen LogP contribution is -2.70. The molecule has 216 valence electrons. The number of aliphatic hydroxyl groups excluding tert-OH is 2. The van der Waals surface area contributed by atoms with E-state index >= 15 is 0 Å². The van der Waals surface area contributed by atoms with E-state index in [1.807, 2.05) is 6.92 Å². The summed E-state index contributed by atoms with van der Waals surface area (Å²) >= 11 is 0. The molecule has 38 heavy (non-hydrogen) atoms. The Balaban J connectivity index is 1.83. The zero-order valence-electron chi connectivity index (χ0n) is 24.5. The van der Waals surface area contributed by atoms with E-state index in [0.717, 1.165) is 30.4 Å². The summed E-state index contributed by atoms with van der Waals surface area (Å²) in [6.45, 7) is 13.7. The van der Waals surface area contributed by atoms with Gasteiger partial charge in [-0.25, -0.2) is 0 Å². The molecule has 0 heterocycles. The number of hydrogen-bond donors (Lipinski definition) is 3. The van der Waals surface area contributed by atoms with Gasteiger partial charge in [-0.05, 0) is 72.3 Å². The van der Waals surface area contributed by atoms with E-state index in [9.17, 15) is 24.9 Å². The van der Waals surface area contributed by atoms with Crippen LogP contribution >= 0.6 is 0 Å². The van der Waals surface area contributed by atoms with Crippen LogP contribution in [0.1, 0.15) is 106 Å². The van der Waals surface area contributed by atoms with Gasteiger partial charge in [-0.3, -0.25) is 9.59 Å². The van der Waals surface area contributed by atoms with Gasteiger partial charge in [-0.2, -0.15) is 0 Å². The summed E-state index contributed by atoms with van der Waals surface area (Å²) < 4.78 is 11.7. The molecule has 4 aliphatic carbocycles. The minimum Gasteiger partial charge on any atom is -0.455 e. The molecule has 0 aromatic heterocycles. The van der Waals surface area contributed by atoms with E-state index in [-0.39, 0.29) is 17.8 Å². The molecule has 0 aromatic rings. The standard InChI is InChI=1S/C31H50O7/c1-17(2)9-8-10-18(3)22-11-12-23-25-26(24(35)16-29(22,23)6)30(7)14-13-21(34)15-31(30,36)28(38-20(5)33)27(25)37-19(4)32/h17-18,21-24,27-28,34-36H,8-16H2,1-7H3/t18-,21+,22-,23?,24-,27+,28+,29-,30-,31+/m1/s1. The monoisotopic (exact) mass is 534 g/mol. The summed E-state index contributed by atoms with van der Waals surface area (Å²) in [5.41, 5.74) is -1.19. The van der Waals surface area contributed by atoms with Crippen molar-refractivity contribution < 1.29 is 34.4 Å². The maximum Gasteiger partial charge on any atom is 0.303 e. The lowest BCUT2D eigenvalue weighted by Gasteiger charge is -2.62. The number of esters is 2. The zero-order valence-corrected chi connectivity index (χ0v) is 24.5. The van der Waals surface area contributed by atoms with Crippen LogP contribution in [0.2, 0.25) is 0 Å². The average Bonchev–Trinajstić information content (AvgIpc) is 3.13. The van der Waals surface area contributed by atoms with E-state index in [1.54, 1.807) is 0 Å².